The Morgan fingerprint density at radius 1 is 1.43 bits per heavy atom. The van der Waals surface area contributed by atoms with Crippen LogP contribution in [0.25, 0.3) is 10.9 Å². The maximum absolute atomic E-state index is 12.0. The molecule has 1 atom stereocenters. The van der Waals surface area contributed by atoms with Gasteiger partial charge in [0.05, 0.1) is 23.5 Å². The van der Waals surface area contributed by atoms with Gasteiger partial charge in [-0.3, -0.25) is 19.1 Å². The Morgan fingerprint density at radius 3 is 2.90 bits per heavy atom. The van der Waals surface area contributed by atoms with Crippen LogP contribution in [0.3, 0.4) is 0 Å². The number of aromatic nitrogens is 2. The summed E-state index contributed by atoms with van der Waals surface area (Å²) in [5.74, 6) is -0.269. The van der Waals surface area contributed by atoms with Crippen LogP contribution >= 0.6 is 12.4 Å². The number of benzene rings is 1. The highest BCUT2D eigenvalue weighted by molar-refractivity contribution is 5.85. The SMILES string of the molecule is Cl.NCC(=O)NCC1Cc2cccc3c(=O)[nH]c(=O)n1c23. The Kier molecular flexibility index (Phi) is 4.15. The number of nitrogens with one attached hydrogen (secondary N) is 2. The molecule has 0 radical (unpaired) electrons. The Labute approximate surface area is 125 Å². The molecule has 7 nitrogen and oxygen atoms in total. The second kappa shape index (κ2) is 5.71. The first kappa shape index (κ1) is 15.3. The quantitative estimate of drug-likeness (QED) is 0.695. The fraction of sp³-hybridized carbons (Fsp3) is 0.308. The molecule has 0 aliphatic carbocycles. The van der Waals surface area contributed by atoms with E-state index in [1.807, 2.05) is 6.07 Å². The van der Waals surface area contributed by atoms with Crippen molar-refractivity contribution >= 4 is 29.2 Å². The third-order valence-corrected chi connectivity index (χ3v) is 3.59. The van der Waals surface area contributed by atoms with Crippen LogP contribution in [-0.2, 0) is 11.2 Å². The lowest BCUT2D eigenvalue weighted by atomic mass is 10.1. The molecule has 8 heteroatoms. The lowest BCUT2D eigenvalue weighted by molar-refractivity contribution is -0.119. The Hall–Kier alpha value is -2.12. The first-order valence-electron chi connectivity index (χ1n) is 6.35. The highest BCUT2D eigenvalue weighted by Gasteiger charge is 2.26. The lowest BCUT2D eigenvalue weighted by Crippen LogP contribution is -2.38. The van der Waals surface area contributed by atoms with Crippen LogP contribution in [0.15, 0.2) is 27.8 Å². The predicted molar refractivity (Wildman–Crippen MR) is 80.9 cm³/mol. The van der Waals surface area contributed by atoms with Crippen LogP contribution in [0, 0.1) is 0 Å². The summed E-state index contributed by atoms with van der Waals surface area (Å²) < 4.78 is 1.54. The number of rotatable bonds is 3. The molecule has 1 amide bonds. The fourth-order valence-electron chi connectivity index (χ4n) is 2.71. The standard InChI is InChI=1S/C13H14N4O3.ClH/c14-5-10(18)15-6-8-4-7-2-1-3-9-11(7)17(8)13(20)16-12(9)19;/h1-3,8H,4-6,14H2,(H,15,18)(H,16,19,20);1H. The van der Waals surface area contributed by atoms with E-state index in [2.05, 4.69) is 10.3 Å². The predicted octanol–water partition coefficient (Wildman–Crippen LogP) is -0.716. The molecule has 0 spiro atoms. The molecule has 3 rings (SSSR count). The summed E-state index contributed by atoms with van der Waals surface area (Å²) in [7, 11) is 0. The zero-order chi connectivity index (χ0) is 14.3. The van der Waals surface area contributed by atoms with Gasteiger partial charge in [-0.1, -0.05) is 12.1 Å². The van der Waals surface area contributed by atoms with Gasteiger partial charge in [-0.05, 0) is 18.1 Å². The molecule has 0 saturated heterocycles. The number of nitrogens with zero attached hydrogens (tertiary/aromatic N) is 1. The first-order valence-corrected chi connectivity index (χ1v) is 6.35. The molecular formula is C13H15ClN4O3. The van der Waals surface area contributed by atoms with Crippen LogP contribution in [0.1, 0.15) is 11.6 Å². The Balaban J connectivity index is 0.00000161. The molecule has 1 aliphatic heterocycles. The number of nitrogens with two attached hydrogens (primary N) is 1. The normalized spacial score (nSPS) is 15.8. The van der Waals surface area contributed by atoms with Crippen molar-refractivity contribution in [2.24, 2.45) is 5.73 Å². The van der Waals surface area contributed by atoms with Crippen LogP contribution in [0.4, 0.5) is 0 Å². The fourth-order valence-corrected chi connectivity index (χ4v) is 2.71. The zero-order valence-corrected chi connectivity index (χ0v) is 11.9. The maximum Gasteiger partial charge on any atom is 0.329 e. The topological polar surface area (TPSA) is 110 Å². The molecule has 0 saturated carbocycles. The number of aromatic amines is 1. The van der Waals surface area contributed by atoms with E-state index in [1.54, 1.807) is 16.7 Å². The van der Waals surface area contributed by atoms with Crippen molar-refractivity contribution in [2.45, 2.75) is 12.5 Å². The molecule has 1 unspecified atom stereocenters. The second-order valence-corrected chi connectivity index (χ2v) is 4.81. The molecule has 21 heavy (non-hydrogen) atoms. The van der Waals surface area contributed by atoms with Gasteiger partial charge in [0.15, 0.2) is 0 Å². The van der Waals surface area contributed by atoms with E-state index < -0.39 is 5.69 Å². The van der Waals surface area contributed by atoms with Gasteiger partial charge in [0.2, 0.25) is 5.91 Å². The van der Waals surface area contributed by atoms with E-state index in [4.69, 9.17) is 5.73 Å². The monoisotopic (exact) mass is 310 g/mol. The summed E-state index contributed by atoms with van der Waals surface area (Å²) in [4.78, 5) is 37.4. The molecule has 2 aromatic rings. The van der Waals surface area contributed by atoms with Gasteiger partial charge in [0, 0.05) is 6.54 Å². The maximum atomic E-state index is 12.0. The second-order valence-electron chi connectivity index (χ2n) is 4.81. The van der Waals surface area contributed by atoms with Crippen molar-refractivity contribution in [3.63, 3.8) is 0 Å². The third kappa shape index (κ3) is 2.45. The van der Waals surface area contributed by atoms with E-state index in [0.29, 0.717) is 23.9 Å². The van der Waals surface area contributed by atoms with Crippen molar-refractivity contribution in [1.82, 2.24) is 14.9 Å². The number of halogens is 1. The minimum Gasteiger partial charge on any atom is -0.353 e. The average Bonchev–Trinajstić information content (AvgIpc) is 2.81. The molecule has 2 heterocycles. The van der Waals surface area contributed by atoms with E-state index in [0.717, 1.165) is 5.56 Å². The Bertz CT molecular complexity index is 811. The first-order chi connectivity index (χ1) is 9.61. The van der Waals surface area contributed by atoms with Gasteiger partial charge in [-0.2, -0.15) is 0 Å². The number of para-hydroxylation sites is 1. The van der Waals surface area contributed by atoms with Gasteiger partial charge < -0.3 is 11.1 Å². The average molecular weight is 311 g/mol. The molecule has 4 N–H and O–H groups in total. The summed E-state index contributed by atoms with van der Waals surface area (Å²) in [5.41, 5.74) is 6.02. The summed E-state index contributed by atoms with van der Waals surface area (Å²) in [6.07, 6.45) is 0.606. The molecule has 0 fully saturated rings. The number of hydrogen-bond acceptors (Lipinski definition) is 4. The van der Waals surface area contributed by atoms with Crippen molar-refractivity contribution in [2.75, 3.05) is 13.1 Å². The summed E-state index contributed by atoms with van der Waals surface area (Å²) in [5, 5.41) is 3.17. The zero-order valence-electron chi connectivity index (χ0n) is 11.1. The minimum absolute atomic E-state index is 0. The molecule has 1 aromatic heterocycles. The van der Waals surface area contributed by atoms with Crippen LogP contribution < -0.4 is 22.3 Å². The van der Waals surface area contributed by atoms with Crippen molar-refractivity contribution in [3.8, 4) is 0 Å². The number of hydrogen-bond donors (Lipinski definition) is 3. The Morgan fingerprint density at radius 2 is 2.19 bits per heavy atom. The molecule has 112 valence electrons. The van der Waals surface area contributed by atoms with Crippen LogP contribution in [0.5, 0.6) is 0 Å². The largest absolute Gasteiger partial charge is 0.353 e. The number of amides is 1. The van der Waals surface area contributed by atoms with E-state index in [1.165, 1.54) is 0 Å². The van der Waals surface area contributed by atoms with E-state index >= 15 is 0 Å². The summed E-state index contributed by atoms with van der Waals surface area (Å²) in [6.45, 7) is 0.224. The van der Waals surface area contributed by atoms with Crippen molar-refractivity contribution in [3.05, 3.63) is 44.6 Å². The van der Waals surface area contributed by atoms with Crippen molar-refractivity contribution < 1.29 is 4.79 Å². The molecule has 1 aromatic carbocycles. The number of carbonyl (C=O) groups excluding carboxylic acids is 1. The summed E-state index contributed by atoms with van der Waals surface area (Å²) in [6, 6.07) is 5.18. The molecule has 1 aliphatic rings. The van der Waals surface area contributed by atoms with Gasteiger partial charge in [-0.25, -0.2) is 4.79 Å². The number of carbonyl (C=O) groups is 1. The van der Waals surface area contributed by atoms with Crippen LogP contribution in [0.2, 0.25) is 0 Å². The number of H-pyrrole nitrogens is 1. The lowest BCUT2D eigenvalue weighted by Gasteiger charge is -2.14. The van der Waals surface area contributed by atoms with Gasteiger partial charge >= 0.3 is 5.69 Å². The van der Waals surface area contributed by atoms with Gasteiger partial charge in [0.25, 0.3) is 5.56 Å². The van der Waals surface area contributed by atoms with Crippen LogP contribution in [-0.4, -0.2) is 28.5 Å². The van der Waals surface area contributed by atoms with Gasteiger partial charge in [-0.15, -0.1) is 12.4 Å². The molecular weight excluding hydrogens is 296 g/mol. The summed E-state index contributed by atoms with van der Waals surface area (Å²) >= 11 is 0. The smallest absolute Gasteiger partial charge is 0.329 e. The highest BCUT2D eigenvalue weighted by atomic mass is 35.5. The van der Waals surface area contributed by atoms with Crippen molar-refractivity contribution in [1.29, 1.82) is 0 Å². The third-order valence-electron chi connectivity index (χ3n) is 3.59. The van der Waals surface area contributed by atoms with E-state index in [-0.39, 0.29) is 36.5 Å². The molecule has 0 bridgehead atoms. The minimum atomic E-state index is -0.445. The highest BCUT2D eigenvalue weighted by Crippen LogP contribution is 2.28. The van der Waals surface area contributed by atoms with Gasteiger partial charge in [0.1, 0.15) is 0 Å². The van der Waals surface area contributed by atoms with E-state index in [9.17, 15) is 14.4 Å².